The zero-order chi connectivity index (χ0) is 9.26. The molecule has 0 radical (unpaired) electrons. The standard InChI is InChI=1S/C9H10N3S/c1-12-4-2-3-7(5-12)8-6-13-9(10)11-8/h2-6H,1H3,(H2,10,11)/q+1. The molecule has 0 saturated carbocycles. The smallest absolute Gasteiger partial charge is 0.180 e. The summed E-state index contributed by atoms with van der Waals surface area (Å²) in [5.74, 6) is 0. The molecule has 0 amide bonds. The van der Waals surface area contributed by atoms with Crippen molar-refractivity contribution in [2.24, 2.45) is 7.05 Å². The molecule has 2 aromatic rings. The molecule has 0 aliphatic heterocycles. The van der Waals surface area contributed by atoms with E-state index in [-0.39, 0.29) is 0 Å². The minimum absolute atomic E-state index is 0.613. The average molecular weight is 192 g/mol. The third-order valence-electron chi connectivity index (χ3n) is 1.76. The quantitative estimate of drug-likeness (QED) is 0.690. The largest absolute Gasteiger partial charge is 0.375 e. The lowest BCUT2D eigenvalue weighted by Gasteiger charge is -1.92. The van der Waals surface area contributed by atoms with Gasteiger partial charge in [-0.15, -0.1) is 11.3 Å². The highest BCUT2D eigenvalue weighted by Gasteiger charge is 2.04. The Balaban J connectivity index is 2.46. The van der Waals surface area contributed by atoms with Crippen molar-refractivity contribution < 1.29 is 4.57 Å². The summed E-state index contributed by atoms with van der Waals surface area (Å²) >= 11 is 1.46. The first-order chi connectivity index (χ1) is 6.25. The molecular weight excluding hydrogens is 182 g/mol. The highest BCUT2D eigenvalue weighted by atomic mass is 32.1. The summed E-state index contributed by atoms with van der Waals surface area (Å²) < 4.78 is 1.99. The van der Waals surface area contributed by atoms with Gasteiger partial charge < -0.3 is 5.73 Å². The first kappa shape index (κ1) is 8.19. The second-order valence-corrected chi connectivity index (χ2v) is 3.72. The van der Waals surface area contributed by atoms with Crippen LogP contribution in [0.15, 0.2) is 29.9 Å². The van der Waals surface area contributed by atoms with Gasteiger partial charge >= 0.3 is 0 Å². The molecule has 66 valence electrons. The van der Waals surface area contributed by atoms with Gasteiger partial charge in [-0.2, -0.15) is 0 Å². The maximum Gasteiger partial charge on any atom is 0.180 e. The number of hydrogen-bond donors (Lipinski definition) is 1. The van der Waals surface area contributed by atoms with Gasteiger partial charge in [-0.25, -0.2) is 9.55 Å². The first-order valence-corrected chi connectivity index (χ1v) is 4.80. The van der Waals surface area contributed by atoms with Crippen molar-refractivity contribution in [2.75, 3.05) is 5.73 Å². The Morgan fingerprint density at radius 3 is 3.00 bits per heavy atom. The van der Waals surface area contributed by atoms with Crippen LogP contribution in [-0.4, -0.2) is 4.98 Å². The number of hydrogen-bond acceptors (Lipinski definition) is 3. The molecule has 0 atom stereocenters. The maximum atomic E-state index is 5.55. The van der Waals surface area contributed by atoms with Crippen molar-refractivity contribution in [3.63, 3.8) is 0 Å². The SMILES string of the molecule is C[n+]1cccc(-c2csc(N)n2)c1. The molecule has 0 unspecified atom stereocenters. The number of pyridine rings is 1. The average Bonchev–Trinajstić information content (AvgIpc) is 2.52. The van der Waals surface area contributed by atoms with E-state index in [1.165, 1.54) is 11.3 Å². The molecule has 13 heavy (non-hydrogen) atoms. The number of aryl methyl sites for hydroxylation is 1. The lowest BCUT2D eigenvalue weighted by atomic mass is 10.2. The summed E-state index contributed by atoms with van der Waals surface area (Å²) in [6, 6.07) is 4.01. The summed E-state index contributed by atoms with van der Waals surface area (Å²) in [5.41, 5.74) is 7.59. The third-order valence-corrected chi connectivity index (χ3v) is 2.43. The molecule has 0 aromatic carbocycles. The summed E-state index contributed by atoms with van der Waals surface area (Å²) in [5, 5.41) is 2.58. The number of rotatable bonds is 1. The molecule has 0 aliphatic carbocycles. The second kappa shape index (κ2) is 3.14. The van der Waals surface area contributed by atoms with Crippen molar-refractivity contribution in [1.82, 2.24) is 4.98 Å². The number of thiazole rings is 1. The van der Waals surface area contributed by atoms with Gasteiger partial charge in [0.2, 0.25) is 0 Å². The number of nitrogens with two attached hydrogens (primary N) is 1. The van der Waals surface area contributed by atoms with Crippen molar-refractivity contribution >= 4 is 16.5 Å². The molecule has 2 rings (SSSR count). The molecule has 0 saturated heterocycles. The van der Waals surface area contributed by atoms with Gasteiger partial charge in [-0.3, -0.25) is 0 Å². The Morgan fingerprint density at radius 1 is 1.54 bits per heavy atom. The van der Waals surface area contributed by atoms with E-state index in [0.717, 1.165) is 11.3 Å². The fourth-order valence-electron chi connectivity index (χ4n) is 1.16. The van der Waals surface area contributed by atoms with E-state index in [9.17, 15) is 0 Å². The normalized spacial score (nSPS) is 10.2. The molecule has 2 heterocycles. The van der Waals surface area contributed by atoms with Crippen LogP contribution in [0.3, 0.4) is 0 Å². The van der Waals surface area contributed by atoms with Crippen LogP contribution in [-0.2, 0) is 7.05 Å². The van der Waals surface area contributed by atoms with E-state index in [0.29, 0.717) is 5.13 Å². The van der Waals surface area contributed by atoms with Crippen LogP contribution in [0.4, 0.5) is 5.13 Å². The fraction of sp³-hybridized carbons (Fsp3) is 0.111. The number of nitrogen functional groups attached to an aromatic ring is 1. The van der Waals surface area contributed by atoms with Gasteiger partial charge in [0, 0.05) is 11.4 Å². The lowest BCUT2D eigenvalue weighted by Crippen LogP contribution is -2.26. The summed E-state index contributed by atoms with van der Waals surface area (Å²) in [7, 11) is 1.99. The van der Waals surface area contributed by atoms with E-state index in [4.69, 9.17) is 5.73 Å². The Labute approximate surface area is 80.5 Å². The predicted molar refractivity (Wildman–Crippen MR) is 53.1 cm³/mol. The van der Waals surface area contributed by atoms with Gasteiger partial charge in [0.25, 0.3) is 0 Å². The predicted octanol–water partition coefficient (Wildman–Crippen LogP) is 1.22. The van der Waals surface area contributed by atoms with Gasteiger partial charge in [0.15, 0.2) is 17.5 Å². The van der Waals surface area contributed by atoms with Gasteiger partial charge in [0.1, 0.15) is 7.05 Å². The summed E-state index contributed by atoms with van der Waals surface area (Å²) in [6.45, 7) is 0. The Kier molecular flexibility index (Phi) is 1.98. The van der Waals surface area contributed by atoms with Crippen molar-refractivity contribution in [2.45, 2.75) is 0 Å². The van der Waals surface area contributed by atoms with Crippen LogP contribution in [0.25, 0.3) is 11.3 Å². The molecule has 0 bridgehead atoms. The Hall–Kier alpha value is -1.42. The number of nitrogens with zero attached hydrogens (tertiary/aromatic N) is 2. The molecule has 4 heteroatoms. The summed E-state index contributed by atoms with van der Waals surface area (Å²) in [6.07, 6.45) is 4.01. The number of anilines is 1. The highest BCUT2D eigenvalue weighted by Crippen LogP contribution is 2.21. The molecule has 0 spiro atoms. The zero-order valence-corrected chi connectivity index (χ0v) is 8.08. The minimum atomic E-state index is 0.613. The topological polar surface area (TPSA) is 42.8 Å². The molecular formula is C9H10N3S+. The van der Waals surface area contributed by atoms with Crippen molar-refractivity contribution in [3.8, 4) is 11.3 Å². The summed E-state index contributed by atoms with van der Waals surface area (Å²) in [4.78, 5) is 4.20. The maximum absolute atomic E-state index is 5.55. The van der Waals surface area contributed by atoms with Crippen LogP contribution in [0.1, 0.15) is 0 Å². The van der Waals surface area contributed by atoms with Crippen LogP contribution in [0.5, 0.6) is 0 Å². The minimum Gasteiger partial charge on any atom is -0.375 e. The van der Waals surface area contributed by atoms with E-state index < -0.39 is 0 Å². The first-order valence-electron chi connectivity index (χ1n) is 3.92. The molecule has 0 aliphatic rings. The van der Waals surface area contributed by atoms with Gasteiger partial charge in [-0.1, -0.05) is 0 Å². The molecule has 2 N–H and O–H groups in total. The van der Waals surface area contributed by atoms with Crippen molar-refractivity contribution in [3.05, 3.63) is 29.9 Å². The molecule has 3 nitrogen and oxygen atoms in total. The van der Waals surface area contributed by atoms with E-state index >= 15 is 0 Å². The molecule has 2 aromatic heterocycles. The van der Waals surface area contributed by atoms with Gasteiger partial charge in [-0.05, 0) is 6.07 Å². The highest BCUT2D eigenvalue weighted by molar-refractivity contribution is 7.13. The van der Waals surface area contributed by atoms with Crippen LogP contribution < -0.4 is 10.3 Å². The third kappa shape index (κ3) is 1.67. The Bertz CT molecular complexity index is 422. The van der Waals surface area contributed by atoms with Crippen LogP contribution >= 0.6 is 11.3 Å². The second-order valence-electron chi connectivity index (χ2n) is 2.83. The van der Waals surface area contributed by atoms with E-state index in [1.54, 1.807) is 0 Å². The fourth-order valence-corrected chi connectivity index (χ4v) is 1.73. The van der Waals surface area contributed by atoms with Crippen LogP contribution in [0.2, 0.25) is 0 Å². The van der Waals surface area contributed by atoms with Gasteiger partial charge in [0.05, 0.1) is 11.3 Å². The number of aromatic nitrogens is 2. The lowest BCUT2D eigenvalue weighted by molar-refractivity contribution is -0.671. The monoisotopic (exact) mass is 192 g/mol. The van der Waals surface area contributed by atoms with Crippen molar-refractivity contribution in [1.29, 1.82) is 0 Å². The van der Waals surface area contributed by atoms with E-state index in [2.05, 4.69) is 4.98 Å². The molecule has 0 fully saturated rings. The van der Waals surface area contributed by atoms with E-state index in [1.807, 2.05) is 41.5 Å². The Morgan fingerprint density at radius 2 is 2.38 bits per heavy atom. The zero-order valence-electron chi connectivity index (χ0n) is 7.27. The van der Waals surface area contributed by atoms with Crippen LogP contribution in [0, 0.1) is 0 Å².